The second-order valence-electron chi connectivity index (χ2n) is 6.25. The van der Waals surface area contributed by atoms with Gasteiger partial charge in [-0.15, -0.1) is 0 Å². The number of carbonyl (C=O) groups is 1. The summed E-state index contributed by atoms with van der Waals surface area (Å²) in [7, 11) is 0. The van der Waals surface area contributed by atoms with Crippen LogP contribution in [0.5, 0.6) is 0 Å². The van der Waals surface area contributed by atoms with E-state index in [9.17, 15) is 4.79 Å². The fourth-order valence-corrected chi connectivity index (χ4v) is 4.36. The van der Waals surface area contributed by atoms with Gasteiger partial charge in [-0.3, -0.25) is 4.79 Å². The first-order valence-electron chi connectivity index (χ1n) is 8.28. The van der Waals surface area contributed by atoms with Crippen molar-refractivity contribution in [3.8, 4) is 0 Å². The van der Waals surface area contributed by atoms with Crippen LogP contribution < -0.4 is 5.32 Å². The number of nitrogens with one attached hydrogen (secondary N) is 1. The molecule has 21 heavy (non-hydrogen) atoms. The summed E-state index contributed by atoms with van der Waals surface area (Å²) in [4.78, 5) is 16.5. The molecule has 0 bridgehead atoms. The zero-order valence-electron chi connectivity index (χ0n) is 12.6. The maximum atomic E-state index is 12.1. The molecule has 0 atom stereocenters. The summed E-state index contributed by atoms with van der Waals surface area (Å²) in [5.41, 5.74) is 0. The molecule has 0 spiro atoms. The fraction of sp³-hybridized carbons (Fsp3) is 0.750. The van der Waals surface area contributed by atoms with Crippen LogP contribution in [-0.2, 0) is 4.79 Å². The van der Waals surface area contributed by atoms with E-state index in [0.29, 0.717) is 17.8 Å². The first kappa shape index (κ1) is 14.9. The van der Waals surface area contributed by atoms with Crippen molar-refractivity contribution in [2.24, 2.45) is 0 Å². The number of aromatic nitrogens is 2. The van der Waals surface area contributed by atoms with Gasteiger partial charge >= 0.3 is 0 Å². The average Bonchev–Trinajstić information content (AvgIpc) is 3.17. The Hall–Kier alpha value is -0.970. The minimum Gasteiger partial charge on any atom is -0.353 e. The van der Waals surface area contributed by atoms with Crippen molar-refractivity contribution in [2.75, 3.05) is 5.75 Å². The molecule has 0 radical (unpaired) electrons. The van der Waals surface area contributed by atoms with Gasteiger partial charge in [0.1, 0.15) is 0 Å². The summed E-state index contributed by atoms with van der Waals surface area (Å²) in [6.45, 7) is 0. The van der Waals surface area contributed by atoms with E-state index in [-0.39, 0.29) is 5.91 Å². The number of amides is 1. The van der Waals surface area contributed by atoms with Crippen molar-refractivity contribution < 1.29 is 4.79 Å². The van der Waals surface area contributed by atoms with E-state index in [1.807, 2.05) is 6.20 Å². The van der Waals surface area contributed by atoms with Gasteiger partial charge in [0.15, 0.2) is 5.16 Å². The van der Waals surface area contributed by atoms with Crippen LogP contribution in [0.25, 0.3) is 0 Å². The zero-order chi connectivity index (χ0) is 14.5. The number of carbonyl (C=O) groups excluding carboxylic acids is 1. The molecule has 1 amide bonds. The topological polar surface area (TPSA) is 46.9 Å². The molecule has 2 aliphatic rings. The van der Waals surface area contributed by atoms with Gasteiger partial charge in [0.2, 0.25) is 5.91 Å². The van der Waals surface area contributed by atoms with Gasteiger partial charge < -0.3 is 9.88 Å². The van der Waals surface area contributed by atoms with Gasteiger partial charge in [-0.2, -0.15) is 0 Å². The lowest BCUT2D eigenvalue weighted by molar-refractivity contribution is -0.119. The number of rotatable bonds is 5. The Morgan fingerprint density at radius 3 is 2.67 bits per heavy atom. The quantitative estimate of drug-likeness (QED) is 0.846. The van der Waals surface area contributed by atoms with Gasteiger partial charge in [0.25, 0.3) is 0 Å². The minimum atomic E-state index is 0.160. The molecule has 116 valence electrons. The van der Waals surface area contributed by atoms with Crippen LogP contribution in [0.4, 0.5) is 0 Å². The molecule has 1 aromatic heterocycles. The molecule has 2 aliphatic carbocycles. The van der Waals surface area contributed by atoms with Crippen LogP contribution >= 0.6 is 11.8 Å². The molecule has 1 heterocycles. The summed E-state index contributed by atoms with van der Waals surface area (Å²) in [6, 6.07) is 0.998. The molecule has 2 saturated carbocycles. The molecular weight excluding hydrogens is 282 g/mol. The molecule has 2 fully saturated rings. The molecule has 1 N–H and O–H groups in total. The summed E-state index contributed by atoms with van der Waals surface area (Å²) in [5, 5.41) is 4.17. The van der Waals surface area contributed by atoms with Crippen LogP contribution in [0.2, 0.25) is 0 Å². The highest BCUT2D eigenvalue weighted by Gasteiger charge is 2.20. The van der Waals surface area contributed by atoms with Crippen molar-refractivity contribution in [3.63, 3.8) is 0 Å². The maximum absolute atomic E-state index is 12.1. The van der Waals surface area contributed by atoms with Crippen LogP contribution in [0, 0.1) is 0 Å². The highest BCUT2D eigenvalue weighted by atomic mass is 32.2. The molecule has 0 unspecified atom stereocenters. The third-order valence-corrected chi connectivity index (χ3v) is 5.63. The summed E-state index contributed by atoms with van der Waals surface area (Å²) < 4.78 is 2.27. The lowest BCUT2D eigenvalue weighted by Gasteiger charge is -2.22. The Kier molecular flexibility index (Phi) is 5.22. The highest BCUT2D eigenvalue weighted by molar-refractivity contribution is 7.99. The SMILES string of the molecule is O=C(CSc1nccn1C1CCCC1)NC1CCCCC1. The van der Waals surface area contributed by atoms with Crippen LogP contribution in [-0.4, -0.2) is 27.3 Å². The normalized spacial score (nSPS) is 20.8. The number of imidazole rings is 1. The van der Waals surface area contributed by atoms with Crippen molar-refractivity contribution >= 4 is 17.7 Å². The van der Waals surface area contributed by atoms with Crippen molar-refractivity contribution in [1.82, 2.24) is 14.9 Å². The second kappa shape index (κ2) is 7.34. The standard InChI is InChI=1S/C16H25N3OS/c20-15(18-13-6-2-1-3-7-13)12-21-16-17-10-11-19(16)14-8-4-5-9-14/h10-11,13-14H,1-9,12H2,(H,18,20). The molecule has 4 nitrogen and oxygen atoms in total. The predicted octanol–water partition coefficient (Wildman–Crippen LogP) is 3.54. The molecule has 3 rings (SSSR count). The van der Waals surface area contributed by atoms with Crippen molar-refractivity contribution in [1.29, 1.82) is 0 Å². The first-order chi connectivity index (χ1) is 10.3. The molecule has 1 aromatic rings. The Labute approximate surface area is 131 Å². The van der Waals surface area contributed by atoms with E-state index in [0.717, 1.165) is 18.0 Å². The summed E-state index contributed by atoms with van der Waals surface area (Å²) in [6.07, 6.45) is 15.2. The molecular formula is C16H25N3OS. The Bertz CT molecular complexity index is 462. The van der Waals surface area contributed by atoms with E-state index in [1.165, 1.54) is 44.9 Å². The second-order valence-corrected chi connectivity index (χ2v) is 7.19. The number of hydrogen-bond donors (Lipinski definition) is 1. The highest BCUT2D eigenvalue weighted by Crippen LogP contribution is 2.32. The third-order valence-electron chi connectivity index (χ3n) is 4.65. The Balaban J connectivity index is 1.48. The maximum Gasteiger partial charge on any atom is 0.230 e. The van der Waals surface area contributed by atoms with Crippen molar-refractivity contribution in [3.05, 3.63) is 12.4 Å². The molecule has 0 aliphatic heterocycles. The van der Waals surface area contributed by atoms with E-state index in [1.54, 1.807) is 11.8 Å². The van der Waals surface area contributed by atoms with E-state index >= 15 is 0 Å². The van der Waals surface area contributed by atoms with Gasteiger partial charge in [-0.25, -0.2) is 4.98 Å². The van der Waals surface area contributed by atoms with Crippen LogP contribution in [0.15, 0.2) is 17.6 Å². The van der Waals surface area contributed by atoms with Gasteiger partial charge in [0.05, 0.1) is 5.75 Å². The lowest BCUT2D eigenvalue weighted by atomic mass is 9.95. The number of hydrogen-bond acceptors (Lipinski definition) is 3. The van der Waals surface area contributed by atoms with Gasteiger partial charge in [0, 0.05) is 24.5 Å². The van der Waals surface area contributed by atoms with Crippen LogP contribution in [0.1, 0.15) is 63.8 Å². The third kappa shape index (κ3) is 4.02. The zero-order valence-corrected chi connectivity index (χ0v) is 13.4. The minimum absolute atomic E-state index is 0.160. The molecule has 0 aromatic carbocycles. The van der Waals surface area contributed by atoms with E-state index in [2.05, 4.69) is 21.1 Å². The Morgan fingerprint density at radius 1 is 1.19 bits per heavy atom. The predicted molar refractivity (Wildman–Crippen MR) is 85.5 cm³/mol. The van der Waals surface area contributed by atoms with E-state index in [4.69, 9.17) is 0 Å². The number of thioether (sulfide) groups is 1. The van der Waals surface area contributed by atoms with Crippen molar-refractivity contribution in [2.45, 2.75) is 75.0 Å². The summed E-state index contributed by atoms with van der Waals surface area (Å²) in [5.74, 6) is 0.646. The van der Waals surface area contributed by atoms with E-state index < -0.39 is 0 Å². The Morgan fingerprint density at radius 2 is 1.90 bits per heavy atom. The van der Waals surface area contributed by atoms with Gasteiger partial charge in [-0.1, -0.05) is 43.9 Å². The first-order valence-corrected chi connectivity index (χ1v) is 9.26. The monoisotopic (exact) mass is 307 g/mol. The molecule has 5 heteroatoms. The molecule has 0 saturated heterocycles. The van der Waals surface area contributed by atoms with Crippen LogP contribution in [0.3, 0.4) is 0 Å². The fourth-order valence-electron chi connectivity index (χ4n) is 3.52. The lowest BCUT2D eigenvalue weighted by Crippen LogP contribution is -2.37. The number of nitrogens with zero attached hydrogens (tertiary/aromatic N) is 2. The van der Waals surface area contributed by atoms with Gasteiger partial charge in [-0.05, 0) is 25.7 Å². The average molecular weight is 307 g/mol. The largest absolute Gasteiger partial charge is 0.353 e. The summed E-state index contributed by atoms with van der Waals surface area (Å²) >= 11 is 1.58. The smallest absolute Gasteiger partial charge is 0.230 e.